The maximum absolute atomic E-state index is 14.1. The van der Waals surface area contributed by atoms with Crippen molar-refractivity contribution in [1.82, 2.24) is 9.47 Å². The quantitative estimate of drug-likeness (QED) is 0.597. The summed E-state index contributed by atoms with van der Waals surface area (Å²) in [5.41, 5.74) is 5.59. The van der Waals surface area contributed by atoms with Crippen molar-refractivity contribution >= 4 is 34.3 Å². The van der Waals surface area contributed by atoms with E-state index in [2.05, 4.69) is 28.8 Å². The van der Waals surface area contributed by atoms with E-state index in [9.17, 15) is 4.39 Å². The molecule has 0 atom stereocenters. The minimum Gasteiger partial charge on any atom is -0.494 e. The summed E-state index contributed by atoms with van der Waals surface area (Å²) in [5.74, 6) is -0.0939. The van der Waals surface area contributed by atoms with E-state index in [-0.39, 0.29) is 11.6 Å². The van der Waals surface area contributed by atoms with Gasteiger partial charge in [0, 0.05) is 41.8 Å². The van der Waals surface area contributed by atoms with Gasteiger partial charge in [0.05, 0.1) is 12.6 Å². The van der Waals surface area contributed by atoms with Crippen molar-refractivity contribution in [2.45, 2.75) is 19.9 Å². The largest absolute Gasteiger partial charge is 0.494 e. The van der Waals surface area contributed by atoms with E-state index in [0.717, 1.165) is 41.2 Å². The molecular formula is C22H22ClFN2O. The Bertz CT molecular complexity index is 1050. The Kier molecular flexibility index (Phi) is 4.70. The monoisotopic (exact) mass is 384 g/mol. The predicted molar refractivity (Wildman–Crippen MR) is 110 cm³/mol. The summed E-state index contributed by atoms with van der Waals surface area (Å²) in [5, 5.41) is 1.93. The molecule has 2 heterocycles. The molecule has 4 rings (SSSR count). The van der Waals surface area contributed by atoms with Gasteiger partial charge >= 0.3 is 0 Å². The third-order valence-electron chi connectivity index (χ3n) is 5.27. The highest BCUT2D eigenvalue weighted by atomic mass is 35.5. The number of benzene rings is 2. The van der Waals surface area contributed by atoms with E-state index in [1.807, 2.05) is 25.1 Å². The molecule has 0 saturated carbocycles. The molecule has 27 heavy (non-hydrogen) atoms. The number of likely N-dealkylation sites (N-methyl/N-ethyl adjacent to an activating group) is 1. The van der Waals surface area contributed by atoms with Gasteiger partial charge in [0.15, 0.2) is 11.6 Å². The highest BCUT2D eigenvalue weighted by Gasteiger charge is 2.22. The molecule has 0 unspecified atom stereocenters. The van der Waals surface area contributed by atoms with E-state index >= 15 is 0 Å². The number of halogens is 2. The maximum atomic E-state index is 14.1. The number of fused-ring (bicyclic) bond motifs is 3. The molecule has 0 fully saturated rings. The van der Waals surface area contributed by atoms with Gasteiger partial charge in [-0.1, -0.05) is 17.7 Å². The van der Waals surface area contributed by atoms with Crippen molar-refractivity contribution in [2.75, 3.05) is 20.7 Å². The highest BCUT2D eigenvalue weighted by molar-refractivity contribution is 6.31. The van der Waals surface area contributed by atoms with Crippen molar-refractivity contribution in [3.05, 3.63) is 64.1 Å². The van der Waals surface area contributed by atoms with Crippen molar-refractivity contribution < 1.29 is 9.13 Å². The van der Waals surface area contributed by atoms with Crippen molar-refractivity contribution in [3.63, 3.8) is 0 Å². The van der Waals surface area contributed by atoms with Gasteiger partial charge in [0.1, 0.15) is 0 Å². The lowest BCUT2D eigenvalue weighted by molar-refractivity contribution is 0.312. The van der Waals surface area contributed by atoms with E-state index in [4.69, 9.17) is 16.3 Å². The Morgan fingerprint density at radius 2 is 2.04 bits per heavy atom. The lowest BCUT2D eigenvalue weighted by atomic mass is 10.0. The first kappa shape index (κ1) is 18.1. The standard InChI is InChI=1S/C22H22ClFN2O/c1-14(15-4-7-22(27-3)19(24)10-15)12-26-20-6-5-16(23)11-17(20)18-13-25(2)9-8-21(18)26/h4-7,10-12H,8-9,13H2,1-3H3/b14-12+. The van der Waals surface area contributed by atoms with Gasteiger partial charge in [-0.05, 0) is 61.0 Å². The molecule has 0 saturated heterocycles. The fourth-order valence-corrected chi connectivity index (χ4v) is 4.00. The van der Waals surface area contributed by atoms with Crippen LogP contribution in [0.25, 0.3) is 22.7 Å². The van der Waals surface area contributed by atoms with Crippen molar-refractivity contribution in [1.29, 1.82) is 0 Å². The van der Waals surface area contributed by atoms with E-state index < -0.39 is 0 Å². The van der Waals surface area contributed by atoms with E-state index in [1.54, 1.807) is 6.07 Å². The van der Waals surface area contributed by atoms with Gasteiger partial charge in [-0.3, -0.25) is 0 Å². The summed E-state index contributed by atoms with van der Waals surface area (Å²) >= 11 is 6.26. The third-order valence-corrected chi connectivity index (χ3v) is 5.51. The first-order valence-electron chi connectivity index (χ1n) is 9.00. The Balaban J connectivity index is 1.86. The van der Waals surface area contributed by atoms with Crippen LogP contribution in [0.2, 0.25) is 5.02 Å². The fourth-order valence-electron chi connectivity index (χ4n) is 3.83. The van der Waals surface area contributed by atoms with Crippen LogP contribution in [0.5, 0.6) is 5.75 Å². The van der Waals surface area contributed by atoms with E-state index in [1.165, 1.54) is 29.8 Å². The van der Waals surface area contributed by atoms with Gasteiger partial charge in [-0.25, -0.2) is 4.39 Å². The first-order chi connectivity index (χ1) is 13.0. The maximum Gasteiger partial charge on any atom is 0.165 e. The molecule has 0 bridgehead atoms. The normalized spacial score (nSPS) is 15.2. The Morgan fingerprint density at radius 3 is 2.78 bits per heavy atom. The summed E-state index contributed by atoms with van der Waals surface area (Å²) in [6.45, 7) is 3.93. The van der Waals surface area contributed by atoms with Crippen LogP contribution in [0.4, 0.5) is 4.39 Å². The molecule has 1 aromatic heterocycles. The number of hydrogen-bond acceptors (Lipinski definition) is 2. The van der Waals surface area contributed by atoms with Crippen LogP contribution < -0.4 is 4.74 Å². The second kappa shape index (κ2) is 7.02. The molecule has 1 aliphatic rings. The van der Waals surface area contributed by atoms with Crippen molar-refractivity contribution in [2.24, 2.45) is 0 Å². The van der Waals surface area contributed by atoms with Crippen LogP contribution in [0.1, 0.15) is 23.7 Å². The summed E-state index contributed by atoms with van der Waals surface area (Å²) in [7, 11) is 3.61. The number of aromatic nitrogens is 1. The summed E-state index contributed by atoms with van der Waals surface area (Å²) < 4.78 is 21.4. The average Bonchev–Trinajstić information content (AvgIpc) is 2.94. The second-order valence-electron chi connectivity index (χ2n) is 7.11. The molecule has 0 spiro atoms. The molecule has 0 aliphatic carbocycles. The lowest BCUT2D eigenvalue weighted by Crippen LogP contribution is -2.26. The Labute approximate surface area is 163 Å². The van der Waals surface area contributed by atoms with Crippen LogP contribution in [-0.4, -0.2) is 30.2 Å². The average molecular weight is 385 g/mol. The zero-order valence-corrected chi connectivity index (χ0v) is 16.5. The molecule has 0 amide bonds. The van der Waals surface area contributed by atoms with Crippen LogP contribution in [-0.2, 0) is 13.0 Å². The lowest BCUT2D eigenvalue weighted by Gasteiger charge is -2.23. The molecule has 3 aromatic rings. The number of ether oxygens (including phenoxy) is 1. The summed E-state index contributed by atoms with van der Waals surface area (Å²) in [6.07, 6.45) is 3.07. The molecule has 1 aliphatic heterocycles. The Morgan fingerprint density at radius 1 is 1.22 bits per heavy atom. The molecule has 140 valence electrons. The second-order valence-corrected chi connectivity index (χ2v) is 7.54. The molecule has 0 N–H and O–H groups in total. The van der Waals surface area contributed by atoms with E-state index in [0.29, 0.717) is 0 Å². The summed E-state index contributed by atoms with van der Waals surface area (Å²) in [4.78, 5) is 2.32. The predicted octanol–water partition coefficient (Wildman–Crippen LogP) is 5.45. The first-order valence-corrected chi connectivity index (χ1v) is 9.38. The molecular weight excluding hydrogens is 363 g/mol. The van der Waals surface area contributed by atoms with Gasteiger partial charge in [0.2, 0.25) is 0 Å². The Hall–Kier alpha value is -2.30. The number of hydrogen-bond donors (Lipinski definition) is 0. The van der Waals surface area contributed by atoms with Gasteiger partial charge in [0.25, 0.3) is 0 Å². The van der Waals surface area contributed by atoms with Gasteiger partial charge < -0.3 is 14.2 Å². The molecule has 0 radical (unpaired) electrons. The number of allylic oxidation sites excluding steroid dienone is 1. The number of methoxy groups -OCH3 is 1. The minimum atomic E-state index is -0.351. The topological polar surface area (TPSA) is 17.4 Å². The molecule has 5 heteroatoms. The molecule has 3 nitrogen and oxygen atoms in total. The van der Waals surface area contributed by atoms with Crippen LogP contribution in [0.3, 0.4) is 0 Å². The van der Waals surface area contributed by atoms with Gasteiger partial charge in [-0.15, -0.1) is 0 Å². The van der Waals surface area contributed by atoms with Crippen LogP contribution in [0, 0.1) is 5.82 Å². The summed E-state index contributed by atoms with van der Waals surface area (Å²) in [6, 6.07) is 11.1. The minimum absolute atomic E-state index is 0.257. The van der Waals surface area contributed by atoms with Crippen LogP contribution >= 0.6 is 11.6 Å². The number of nitrogens with zero attached hydrogens (tertiary/aromatic N) is 2. The SMILES string of the molecule is COc1ccc(/C(C)=C/n2c3c(c4cc(Cl)ccc42)CN(C)CC3)cc1F. The highest BCUT2D eigenvalue weighted by Crippen LogP contribution is 2.34. The third kappa shape index (κ3) is 3.24. The molecule has 2 aromatic carbocycles. The number of rotatable bonds is 3. The zero-order valence-electron chi connectivity index (χ0n) is 15.7. The van der Waals surface area contributed by atoms with Gasteiger partial charge in [-0.2, -0.15) is 0 Å². The van der Waals surface area contributed by atoms with Crippen molar-refractivity contribution in [3.8, 4) is 5.75 Å². The smallest absolute Gasteiger partial charge is 0.165 e. The zero-order chi connectivity index (χ0) is 19.1. The van der Waals surface area contributed by atoms with Crippen LogP contribution in [0.15, 0.2) is 36.4 Å². The fraction of sp³-hybridized carbons (Fsp3) is 0.273.